The largest absolute Gasteiger partial charge is 0.0654 e. The van der Waals surface area contributed by atoms with Gasteiger partial charge >= 0.3 is 0 Å². The van der Waals surface area contributed by atoms with Crippen molar-refractivity contribution in [2.45, 2.75) is 110 Å². The Bertz CT molecular complexity index is 311. The van der Waals surface area contributed by atoms with Crippen LogP contribution in [0.3, 0.4) is 0 Å². The van der Waals surface area contributed by atoms with Gasteiger partial charge in [-0.2, -0.15) is 0 Å². The first-order chi connectivity index (χ1) is 11.3. The fourth-order valence-corrected chi connectivity index (χ4v) is 6.43. The fraction of sp³-hybridized carbons (Fsp3) is 1.00. The van der Waals surface area contributed by atoms with E-state index in [0.717, 1.165) is 35.5 Å². The van der Waals surface area contributed by atoms with Crippen LogP contribution in [0, 0.1) is 35.5 Å². The lowest BCUT2D eigenvalue weighted by molar-refractivity contribution is 0.104. The first kappa shape index (κ1) is 17.8. The molecule has 0 radical (unpaired) electrons. The van der Waals surface area contributed by atoms with E-state index >= 15 is 0 Å². The normalized spacial score (nSPS) is 41.5. The van der Waals surface area contributed by atoms with Gasteiger partial charge in [0.05, 0.1) is 0 Å². The van der Waals surface area contributed by atoms with Crippen LogP contribution in [0.4, 0.5) is 0 Å². The molecule has 134 valence electrons. The number of rotatable bonds is 7. The first-order valence-electron chi connectivity index (χ1n) is 11.3. The number of hydrogen-bond donors (Lipinski definition) is 0. The van der Waals surface area contributed by atoms with E-state index in [-0.39, 0.29) is 0 Å². The molecule has 3 rings (SSSR count). The zero-order chi connectivity index (χ0) is 16.1. The second-order valence-electron chi connectivity index (χ2n) is 9.58. The fourth-order valence-electron chi connectivity index (χ4n) is 6.43. The van der Waals surface area contributed by atoms with Crippen LogP contribution in [0.15, 0.2) is 0 Å². The molecule has 0 unspecified atom stereocenters. The molecule has 0 aliphatic heterocycles. The molecule has 0 heterocycles. The molecular weight excluding hydrogens is 276 g/mol. The highest BCUT2D eigenvalue weighted by Crippen LogP contribution is 2.46. The van der Waals surface area contributed by atoms with E-state index in [0.29, 0.717) is 0 Å². The van der Waals surface area contributed by atoms with Gasteiger partial charge in [-0.15, -0.1) is 0 Å². The van der Waals surface area contributed by atoms with E-state index in [1.165, 1.54) is 25.7 Å². The molecule has 0 amide bonds. The molecule has 0 heteroatoms. The Morgan fingerprint density at radius 2 is 1.00 bits per heavy atom. The van der Waals surface area contributed by atoms with Crippen molar-refractivity contribution >= 4 is 0 Å². The van der Waals surface area contributed by atoms with Gasteiger partial charge in [0.25, 0.3) is 0 Å². The SMILES string of the molecule is CCCC1CCC(C2CCC(CC3CC(CCC)C3)CC2)CC1. The molecule has 0 aromatic heterocycles. The first-order valence-corrected chi connectivity index (χ1v) is 11.3. The Balaban J connectivity index is 1.30. The van der Waals surface area contributed by atoms with Gasteiger partial charge in [0.15, 0.2) is 0 Å². The summed E-state index contributed by atoms with van der Waals surface area (Å²) >= 11 is 0. The quantitative estimate of drug-likeness (QED) is 0.453. The van der Waals surface area contributed by atoms with Crippen LogP contribution in [-0.2, 0) is 0 Å². The summed E-state index contributed by atoms with van der Waals surface area (Å²) in [5.74, 6) is 6.65. The Hall–Kier alpha value is 0. The topological polar surface area (TPSA) is 0 Å². The summed E-state index contributed by atoms with van der Waals surface area (Å²) in [6, 6.07) is 0. The minimum atomic E-state index is 1.09. The highest BCUT2D eigenvalue weighted by molar-refractivity contribution is 4.85. The number of hydrogen-bond acceptors (Lipinski definition) is 0. The van der Waals surface area contributed by atoms with E-state index in [9.17, 15) is 0 Å². The van der Waals surface area contributed by atoms with Crippen LogP contribution >= 0.6 is 0 Å². The molecule has 0 aromatic rings. The van der Waals surface area contributed by atoms with Crippen LogP contribution in [0.1, 0.15) is 110 Å². The molecule has 0 aromatic carbocycles. The van der Waals surface area contributed by atoms with E-state index in [2.05, 4.69) is 13.8 Å². The molecule has 3 fully saturated rings. The third-order valence-electron chi connectivity index (χ3n) is 7.84. The lowest BCUT2D eigenvalue weighted by atomic mass is 9.65. The third kappa shape index (κ3) is 4.99. The summed E-state index contributed by atoms with van der Waals surface area (Å²) in [4.78, 5) is 0. The molecule has 0 saturated heterocycles. The summed E-state index contributed by atoms with van der Waals surface area (Å²) in [6.45, 7) is 4.71. The predicted octanol–water partition coefficient (Wildman–Crippen LogP) is 7.62. The Labute approximate surface area is 146 Å². The van der Waals surface area contributed by atoms with Gasteiger partial charge in [0.2, 0.25) is 0 Å². The van der Waals surface area contributed by atoms with Crippen LogP contribution in [0.2, 0.25) is 0 Å². The van der Waals surface area contributed by atoms with E-state index < -0.39 is 0 Å². The predicted molar refractivity (Wildman–Crippen MR) is 102 cm³/mol. The van der Waals surface area contributed by atoms with Crippen LogP contribution < -0.4 is 0 Å². The van der Waals surface area contributed by atoms with E-state index in [4.69, 9.17) is 0 Å². The molecule has 0 nitrogen and oxygen atoms in total. The maximum Gasteiger partial charge on any atom is -0.0386 e. The van der Waals surface area contributed by atoms with E-state index in [1.807, 2.05) is 0 Å². The molecule has 0 atom stereocenters. The van der Waals surface area contributed by atoms with Gasteiger partial charge < -0.3 is 0 Å². The van der Waals surface area contributed by atoms with E-state index in [1.54, 1.807) is 70.6 Å². The van der Waals surface area contributed by atoms with Crippen LogP contribution in [0.25, 0.3) is 0 Å². The van der Waals surface area contributed by atoms with Crippen molar-refractivity contribution in [3.63, 3.8) is 0 Å². The lowest BCUT2D eigenvalue weighted by Crippen LogP contribution is -2.29. The summed E-state index contributed by atoms with van der Waals surface area (Å²) in [5, 5.41) is 0. The van der Waals surface area contributed by atoms with Crippen molar-refractivity contribution < 1.29 is 0 Å². The third-order valence-corrected chi connectivity index (χ3v) is 7.84. The summed E-state index contributed by atoms with van der Waals surface area (Å²) in [5.41, 5.74) is 0. The van der Waals surface area contributed by atoms with Crippen LogP contribution in [-0.4, -0.2) is 0 Å². The molecule has 0 N–H and O–H groups in total. The van der Waals surface area contributed by atoms with Gasteiger partial charge in [0.1, 0.15) is 0 Å². The Kier molecular flexibility index (Phi) is 6.90. The molecule has 3 aliphatic carbocycles. The highest BCUT2D eigenvalue weighted by atomic mass is 14.4. The van der Waals surface area contributed by atoms with Gasteiger partial charge in [-0.05, 0) is 80.5 Å². The van der Waals surface area contributed by atoms with Crippen molar-refractivity contribution in [2.75, 3.05) is 0 Å². The zero-order valence-electron chi connectivity index (χ0n) is 16.1. The zero-order valence-corrected chi connectivity index (χ0v) is 16.1. The molecular formula is C23H42. The summed E-state index contributed by atoms with van der Waals surface area (Å²) in [7, 11) is 0. The van der Waals surface area contributed by atoms with Gasteiger partial charge in [-0.3, -0.25) is 0 Å². The minimum absolute atomic E-state index is 1.09. The molecule has 23 heavy (non-hydrogen) atoms. The van der Waals surface area contributed by atoms with Crippen molar-refractivity contribution in [3.8, 4) is 0 Å². The maximum absolute atomic E-state index is 2.36. The van der Waals surface area contributed by atoms with Crippen molar-refractivity contribution in [1.82, 2.24) is 0 Å². The Morgan fingerprint density at radius 3 is 1.52 bits per heavy atom. The molecule has 3 aliphatic rings. The maximum atomic E-state index is 2.36. The summed E-state index contributed by atoms with van der Waals surface area (Å²) in [6.07, 6.45) is 23.1. The van der Waals surface area contributed by atoms with Crippen molar-refractivity contribution in [3.05, 3.63) is 0 Å². The molecule has 3 saturated carbocycles. The minimum Gasteiger partial charge on any atom is -0.0654 e. The molecule has 0 bridgehead atoms. The smallest absolute Gasteiger partial charge is 0.0386 e. The summed E-state index contributed by atoms with van der Waals surface area (Å²) < 4.78 is 0. The van der Waals surface area contributed by atoms with Gasteiger partial charge in [0, 0.05) is 0 Å². The average molecular weight is 319 g/mol. The van der Waals surface area contributed by atoms with Gasteiger partial charge in [-0.25, -0.2) is 0 Å². The standard InChI is InChI=1S/C23H42/c1-3-5-18-7-11-22(12-8-18)23-13-9-19(10-14-23)15-21-16-20(17-21)6-4-2/h18-23H,3-17H2,1-2H3. The van der Waals surface area contributed by atoms with Gasteiger partial charge in [-0.1, -0.05) is 65.2 Å². The second kappa shape index (κ2) is 8.91. The average Bonchev–Trinajstić information content (AvgIpc) is 2.55. The Morgan fingerprint density at radius 1 is 0.522 bits per heavy atom. The van der Waals surface area contributed by atoms with Crippen molar-refractivity contribution in [2.24, 2.45) is 35.5 Å². The lowest BCUT2D eigenvalue weighted by Gasteiger charge is -2.41. The highest BCUT2D eigenvalue weighted by Gasteiger charge is 2.34. The second-order valence-corrected chi connectivity index (χ2v) is 9.58. The monoisotopic (exact) mass is 318 g/mol. The van der Waals surface area contributed by atoms with Crippen molar-refractivity contribution in [1.29, 1.82) is 0 Å². The molecule has 0 spiro atoms. The van der Waals surface area contributed by atoms with Crippen LogP contribution in [0.5, 0.6) is 0 Å².